The summed E-state index contributed by atoms with van der Waals surface area (Å²) in [6.07, 6.45) is 0. The van der Waals surface area contributed by atoms with Crippen LogP contribution >= 0.6 is 11.8 Å². The van der Waals surface area contributed by atoms with Crippen LogP contribution in [0.15, 0.2) is 59.8 Å². The van der Waals surface area contributed by atoms with Gasteiger partial charge in [0.2, 0.25) is 5.91 Å². The minimum Gasteiger partial charge on any atom is -0.315 e. The van der Waals surface area contributed by atoms with Gasteiger partial charge in [-0.05, 0) is 31.2 Å². The fourth-order valence-corrected chi connectivity index (χ4v) is 3.46. The van der Waals surface area contributed by atoms with Gasteiger partial charge >= 0.3 is 0 Å². The number of carbonyl (C=O) groups excluding carboxylic acids is 1. The second-order valence-electron chi connectivity index (χ2n) is 5.84. The Bertz CT molecular complexity index is 913. The number of para-hydroxylation sites is 1. The Morgan fingerprint density at radius 2 is 1.77 bits per heavy atom. The lowest BCUT2D eigenvalue weighted by Gasteiger charge is -2.20. The van der Waals surface area contributed by atoms with Crippen LogP contribution in [0.3, 0.4) is 0 Å². The molecule has 1 aromatic heterocycles. The van der Waals surface area contributed by atoms with Gasteiger partial charge in [-0.3, -0.25) is 4.79 Å². The number of hydrogen-bond donors (Lipinski definition) is 0. The molecule has 0 saturated carbocycles. The first-order chi connectivity index (χ1) is 12.5. The fraction of sp³-hybridized carbons (Fsp3) is 0.211. The summed E-state index contributed by atoms with van der Waals surface area (Å²) in [6, 6.07) is 15.9. The molecule has 0 N–H and O–H groups in total. The third kappa shape index (κ3) is 3.62. The van der Waals surface area contributed by atoms with Crippen LogP contribution in [0, 0.1) is 5.82 Å². The Hall–Kier alpha value is -2.67. The molecule has 1 amide bonds. The molecule has 0 saturated heterocycles. The van der Waals surface area contributed by atoms with E-state index in [1.807, 2.05) is 37.3 Å². The van der Waals surface area contributed by atoms with Crippen molar-refractivity contribution in [3.8, 4) is 11.4 Å². The first kappa shape index (κ1) is 18.1. The van der Waals surface area contributed by atoms with E-state index < -0.39 is 0 Å². The maximum absolute atomic E-state index is 14.0. The van der Waals surface area contributed by atoms with Crippen LogP contribution < -0.4 is 4.90 Å². The van der Waals surface area contributed by atoms with Gasteiger partial charge in [0.25, 0.3) is 0 Å². The van der Waals surface area contributed by atoms with Crippen molar-refractivity contribution in [1.82, 2.24) is 14.8 Å². The van der Waals surface area contributed by atoms with Crippen LogP contribution in [0.5, 0.6) is 0 Å². The van der Waals surface area contributed by atoms with Crippen LogP contribution in [0.25, 0.3) is 11.4 Å². The molecule has 0 aliphatic carbocycles. The quantitative estimate of drug-likeness (QED) is 0.642. The molecule has 1 unspecified atom stereocenters. The van der Waals surface area contributed by atoms with E-state index in [1.54, 1.807) is 41.8 Å². The van der Waals surface area contributed by atoms with E-state index in [0.29, 0.717) is 16.5 Å². The first-order valence-electron chi connectivity index (χ1n) is 8.12. The predicted molar refractivity (Wildman–Crippen MR) is 102 cm³/mol. The van der Waals surface area contributed by atoms with Gasteiger partial charge in [0.1, 0.15) is 5.82 Å². The Labute approximate surface area is 155 Å². The van der Waals surface area contributed by atoms with Crippen LogP contribution in [-0.2, 0) is 11.8 Å². The molecule has 0 bridgehead atoms. The molecule has 0 aliphatic heterocycles. The summed E-state index contributed by atoms with van der Waals surface area (Å²) in [7, 11) is 3.51. The summed E-state index contributed by atoms with van der Waals surface area (Å²) in [5.41, 5.74) is 1.21. The number of aromatic nitrogens is 3. The number of thioether (sulfide) groups is 1. The Morgan fingerprint density at radius 3 is 2.46 bits per heavy atom. The molecule has 0 fully saturated rings. The molecule has 0 spiro atoms. The molecule has 3 aromatic rings. The normalized spacial score (nSPS) is 12.0. The highest BCUT2D eigenvalue weighted by Crippen LogP contribution is 2.28. The van der Waals surface area contributed by atoms with E-state index in [2.05, 4.69) is 10.2 Å². The van der Waals surface area contributed by atoms with Gasteiger partial charge in [0.05, 0.1) is 10.8 Å². The number of halogens is 1. The number of amides is 1. The molecule has 1 heterocycles. The molecule has 5 nitrogen and oxygen atoms in total. The maximum Gasteiger partial charge on any atom is 0.240 e. The van der Waals surface area contributed by atoms with Crippen molar-refractivity contribution in [3.63, 3.8) is 0 Å². The SMILES string of the molecule is CC(Sc1nnc(-c2ccccc2F)n1C)C(=O)N(C)c1ccccc1. The molecular weight excluding hydrogens is 351 g/mol. The van der Waals surface area contributed by atoms with Crippen LogP contribution in [-0.4, -0.2) is 33.0 Å². The summed E-state index contributed by atoms with van der Waals surface area (Å²) in [5.74, 6) is 0.0331. The molecule has 2 aromatic carbocycles. The topological polar surface area (TPSA) is 51.0 Å². The van der Waals surface area contributed by atoms with Gasteiger partial charge in [-0.15, -0.1) is 10.2 Å². The van der Waals surface area contributed by atoms with Gasteiger partial charge in [-0.25, -0.2) is 4.39 Å². The Kier molecular flexibility index (Phi) is 5.37. The summed E-state index contributed by atoms with van der Waals surface area (Å²) in [4.78, 5) is 14.3. The van der Waals surface area contributed by atoms with Crippen molar-refractivity contribution in [2.45, 2.75) is 17.3 Å². The number of hydrogen-bond acceptors (Lipinski definition) is 4. The molecular formula is C19H19FN4OS. The van der Waals surface area contributed by atoms with Crippen LogP contribution in [0.1, 0.15) is 6.92 Å². The molecule has 7 heteroatoms. The van der Waals surface area contributed by atoms with Crippen LogP contribution in [0.2, 0.25) is 0 Å². The highest BCUT2D eigenvalue weighted by molar-refractivity contribution is 8.00. The molecule has 26 heavy (non-hydrogen) atoms. The zero-order valence-corrected chi connectivity index (χ0v) is 15.6. The number of carbonyl (C=O) groups is 1. The average Bonchev–Trinajstić information content (AvgIpc) is 3.02. The van der Waals surface area contributed by atoms with Crippen molar-refractivity contribution < 1.29 is 9.18 Å². The number of nitrogens with zero attached hydrogens (tertiary/aromatic N) is 4. The zero-order chi connectivity index (χ0) is 18.7. The number of rotatable bonds is 5. The van der Waals surface area contributed by atoms with Crippen molar-refractivity contribution in [2.24, 2.45) is 7.05 Å². The minimum atomic E-state index is -0.364. The fourth-order valence-electron chi connectivity index (χ4n) is 2.55. The van der Waals surface area contributed by atoms with E-state index in [0.717, 1.165) is 5.69 Å². The van der Waals surface area contributed by atoms with E-state index in [4.69, 9.17) is 0 Å². The molecule has 134 valence electrons. The molecule has 1 atom stereocenters. The zero-order valence-electron chi connectivity index (χ0n) is 14.8. The lowest BCUT2D eigenvalue weighted by molar-refractivity contribution is -0.117. The largest absolute Gasteiger partial charge is 0.315 e. The predicted octanol–water partition coefficient (Wildman–Crippen LogP) is 3.76. The highest BCUT2D eigenvalue weighted by atomic mass is 32.2. The second-order valence-corrected chi connectivity index (χ2v) is 7.15. The lowest BCUT2D eigenvalue weighted by atomic mass is 10.2. The standard InChI is InChI=1S/C19H19FN4OS/c1-13(18(25)23(2)14-9-5-4-6-10-14)26-19-22-21-17(24(19)3)15-11-7-8-12-16(15)20/h4-13H,1-3H3. The smallest absolute Gasteiger partial charge is 0.240 e. The summed E-state index contributed by atoms with van der Waals surface area (Å²) in [5, 5.41) is 8.41. The van der Waals surface area contributed by atoms with Crippen molar-refractivity contribution in [3.05, 3.63) is 60.4 Å². The molecule has 3 rings (SSSR count). The third-order valence-electron chi connectivity index (χ3n) is 4.05. The maximum atomic E-state index is 14.0. The summed E-state index contributed by atoms with van der Waals surface area (Å²) < 4.78 is 15.7. The Morgan fingerprint density at radius 1 is 1.12 bits per heavy atom. The number of benzene rings is 2. The van der Waals surface area contributed by atoms with Gasteiger partial charge in [0.15, 0.2) is 11.0 Å². The lowest BCUT2D eigenvalue weighted by Crippen LogP contribution is -2.33. The summed E-state index contributed by atoms with van der Waals surface area (Å²) >= 11 is 1.30. The minimum absolute atomic E-state index is 0.0448. The van der Waals surface area contributed by atoms with Gasteiger partial charge in [-0.2, -0.15) is 0 Å². The average molecular weight is 370 g/mol. The monoisotopic (exact) mass is 370 g/mol. The van der Waals surface area contributed by atoms with Crippen molar-refractivity contribution in [2.75, 3.05) is 11.9 Å². The third-order valence-corrected chi connectivity index (χ3v) is 5.18. The molecule has 0 aliphatic rings. The van der Waals surface area contributed by atoms with Crippen molar-refractivity contribution in [1.29, 1.82) is 0 Å². The summed E-state index contributed by atoms with van der Waals surface area (Å²) in [6.45, 7) is 1.82. The van der Waals surface area contributed by atoms with E-state index in [-0.39, 0.29) is 17.0 Å². The van der Waals surface area contributed by atoms with Crippen LogP contribution in [0.4, 0.5) is 10.1 Å². The second kappa shape index (κ2) is 7.70. The van der Waals surface area contributed by atoms with Gasteiger partial charge in [0, 0.05) is 19.8 Å². The van der Waals surface area contributed by atoms with Crippen molar-refractivity contribution >= 4 is 23.4 Å². The van der Waals surface area contributed by atoms with E-state index >= 15 is 0 Å². The first-order valence-corrected chi connectivity index (χ1v) is 9.00. The van der Waals surface area contributed by atoms with E-state index in [1.165, 1.54) is 17.8 Å². The van der Waals surface area contributed by atoms with Gasteiger partial charge in [-0.1, -0.05) is 42.1 Å². The highest BCUT2D eigenvalue weighted by Gasteiger charge is 2.23. The van der Waals surface area contributed by atoms with Gasteiger partial charge < -0.3 is 9.47 Å². The Balaban J connectivity index is 1.77. The molecule has 0 radical (unpaired) electrons. The number of anilines is 1. The van der Waals surface area contributed by atoms with E-state index in [9.17, 15) is 9.18 Å².